The second-order valence-corrected chi connectivity index (χ2v) is 10.3. The number of hydrogen-bond acceptors (Lipinski definition) is 7. The first-order valence-corrected chi connectivity index (χ1v) is 11.8. The number of carbonyl (C=O) groups excluding carboxylic acids is 3. The third-order valence-electron chi connectivity index (χ3n) is 5.05. The van der Waals surface area contributed by atoms with Gasteiger partial charge in [-0.25, -0.2) is 14.4 Å². The number of ether oxygens (including phenoxy) is 4. The normalized spacial score (nSPS) is 12.3. The van der Waals surface area contributed by atoms with Gasteiger partial charge >= 0.3 is 18.2 Å². The number of imide groups is 1. The van der Waals surface area contributed by atoms with Gasteiger partial charge in [-0.3, -0.25) is 0 Å². The Balaban J connectivity index is 2.26. The van der Waals surface area contributed by atoms with Gasteiger partial charge in [0.25, 0.3) is 0 Å². The summed E-state index contributed by atoms with van der Waals surface area (Å²) in [4.78, 5) is 39.4. The van der Waals surface area contributed by atoms with Crippen molar-refractivity contribution < 1.29 is 33.3 Å². The fraction of sp³-hybridized carbons (Fsp3) is 0.464. The minimum atomic E-state index is -1.22. The highest BCUT2D eigenvalue weighted by Gasteiger charge is 2.40. The van der Waals surface area contributed by atoms with E-state index in [1.165, 1.54) is 7.11 Å². The van der Waals surface area contributed by atoms with E-state index in [2.05, 4.69) is 0 Å². The minimum absolute atomic E-state index is 0.132. The summed E-state index contributed by atoms with van der Waals surface area (Å²) in [6, 6.07) is 14.4. The fourth-order valence-corrected chi connectivity index (χ4v) is 3.39. The van der Waals surface area contributed by atoms with E-state index in [4.69, 9.17) is 18.9 Å². The summed E-state index contributed by atoms with van der Waals surface area (Å²) in [6.45, 7) is 10.1. The van der Waals surface area contributed by atoms with Gasteiger partial charge in [0.1, 0.15) is 23.0 Å². The van der Waals surface area contributed by atoms with Crippen LogP contribution in [0.15, 0.2) is 48.5 Å². The van der Waals surface area contributed by atoms with Crippen molar-refractivity contribution in [3.63, 3.8) is 0 Å². The van der Waals surface area contributed by atoms with Crippen molar-refractivity contribution in [1.29, 1.82) is 0 Å². The van der Waals surface area contributed by atoms with Crippen LogP contribution in [0.1, 0.15) is 53.5 Å². The highest BCUT2D eigenvalue weighted by atomic mass is 16.6. The van der Waals surface area contributed by atoms with E-state index >= 15 is 0 Å². The molecule has 0 radical (unpaired) electrons. The van der Waals surface area contributed by atoms with Gasteiger partial charge in [-0.15, -0.1) is 0 Å². The Morgan fingerprint density at radius 3 is 1.58 bits per heavy atom. The number of methoxy groups -OCH3 is 2. The van der Waals surface area contributed by atoms with Gasteiger partial charge in [0.15, 0.2) is 0 Å². The predicted molar refractivity (Wildman–Crippen MR) is 137 cm³/mol. The summed E-state index contributed by atoms with van der Waals surface area (Å²) < 4.78 is 21.0. The highest BCUT2D eigenvalue weighted by Crippen LogP contribution is 2.24. The molecule has 8 nitrogen and oxygen atoms in total. The summed E-state index contributed by atoms with van der Waals surface area (Å²) in [7, 11) is 2.83. The maximum absolute atomic E-state index is 13.0. The summed E-state index contributed by atoms with van der Waals surface area (Å²) in [5, 5.41) is 0. The van der Waals surface area contributed by atoms with Crippen LogP contribution in [-0.4, -0.2) is 54.5 Å². The highest BCUT2D eigenvalue weighted by molar-refractivity contribution is 5.94. The van der Waals surface area contributed by atoms with Crippen LogP contribution in [0.4, 0.5) is 9.59 Å². The van der Waals surface area contributed by atoms with E-state index in [1.54, 1.807) is 48.7 Å². The lowest BCUT2D eigenvalue weighted by Crippen LogP contribution is -2.52. The van der Waals surface area contributed by atoms with Crippen LogP contribution in [0.25, 0.3) is 11.1 Å². The van der Waals surface area contributed by atoms with E-state index < -0.39 is 35.4 Å². The summed E-state index contributed by atoms with van der Waals surface area (Å²) in [5.74, 6) is 0.0466. The summed E-state index contributed by atoms with van der Waals surface area (Å²) in [5.41, 5.74) is 1.23. The SMILES string of the molecule is COC(=O)C(CCc1ccc(-c2ccc(OC)cc2)cc1)N(C(=O)OC(C)(C)C)C(=O)OC(C)(C)C. The number of hydrogen-bond donors (Lipinski definition) is 0. The quantitative estimate of drug-likeness (QED) is 0.340. The van der Waals surface area contributed by atoms with Crippen molar-refractivity contribution in [1.82, 2.24) is 4.90 Å². The lowest BCUT2D eigenvalue weighted by Gasteiger charge is -2.32. The Morgan fingerprint density at radius 1 is 0.750 bits per heavy atom. The molecule has 0 heterocycles. The number of benzene rings is 2. The molecule has 0 aliphatic carbocycles. The topological polar surface area (TPSA) is 91.4 Å². The van der Waals surface area contributed by atoms with E-state index in [0.717, 1.165) is 22.4 Å². The molecule has 0 N–H and O–H groups in total. The summed E-state index contributed by atoms with van der Waals surface area (Å²) >= 11 is 0. The molecule has 0 saturated carbocycles. The van der Waals surface area contributed by atoms with Crippen LogP contribution in [-0.2, 0) is 25.4 Å². The second kappa shape index (κ2) is 11.9. The van der Waals surface area contributed by atoms with Crippen molar-refractivity contribution in [3.05, 3.63) is 54.1 Å². The minimum Gasteiger partial charge on any atom is -0.497 e. The molecule has 2 aromatic carbocycles. The molecule has 0 aromatic heterocycles. The van der Waals surface area contributed by atoms with Gasteiger partial charge in [-0.1, -0.05) is 36.4 Å². The molecule has 1 atom stereocenters. The number of carbonyl (C=O) groups is 3. The average molecular weight is 500 g/mol. The van der Waals surface area contributed by atoms with Gasteiger partial charge in [0, 0.05) is 0 Å². The number of nitrogens with zero attached hydrogens (tertiary/aromatic N) is 1. The molecule has 0 saturated heterocycles. The van der Waals surface area contributed by atoms with E-state index in [0.29, 0.717) is 11.3 Å². The zero-order chi connectivity index (χ0) is 27.1. The lowest BCUT2D eigenvalue weighted by atomic mass is 10.00. The Kier molecular flexibility index (Phi) is 9.50. The van der Waals surface area contributed by atoms with Crippen LogP contribution in [0.2, 0.25) is 0 Å². The third kappa shape index (κ3) is 8.59. The summed E-state index contributed by atoms with van der Waals surface area (Å²) in [6.07, 6.45) is -1.40. The van der Waals surface area contributed by atoms with Crippen LogP contribution in [0, 0.1) is 0 Å². The fourth-order valence-electron chi connectivity index (χ4n) is 3.39. The zero-order valence-electron chi connectivity index (χ0n) is 22.4. The van der Waals surface area contributed by atoms with Gasteiger partial charge in [0.05, 0.1) is 14.2 Å². The van der Waals surface area contributed by atoms with Gasteiger partial charge in [-0.2, -0.15) is 4.90 Å². The molecule has 196 valence electrons. The molecular formula is C28H37NO7. The van der Waals surface area contributed by atoms with Crippen molar-refractivity contribution in [2.24, 2.45) is 0 Å². The van der Waals surface area contributed by atoms with Crippen molar-refractivity contribution in [2.45, 2.75) is 71.6 Å². The van der Waals surface area contributed by atoms with Gasteiger partial charge in [0.2, 0.25) is 0 Å². The van der Waals surface area contributed by atoms with Crippen molar-refractivity contribution >= 4 is 18.2 Å². The van der Waals surface area contributed by atoms with Gasteiger partial charge < -0.3 is 18.9 Å². The Labute approximate surface area is 213 Å². The third-order valence-corrected chi connectivity index (χ3v) is 5.05. The largest absolute Gasteiger partial charge is 0.497 e. The van der Waals surface area contributed by atoms with Gasteiger partial charge in [-0.05, 0) is 83.2 Å². The number of rotatable bonds is 7. The second-order valence-electron chi connectivity index (χ2n) is 10.3. The zero-order valence-corrected chi connectivity index (χ0v) is 22.4. The van der Waals surface area contributed by atoms with Crippen LogP contribution < -0.4 is 4.74 Å². The van der Waals surface area contributed by atoms with Crippen LogP contribution in [0.3, 0.4) is 0 Å². The molecule has 0 aliphatic rings. The molecule has 0 aliphatic heterocycles. The standard InChI is InChI=1S/C28H37NO7/c1-27(2,3)35-25(31)29(26(32)36-28(4,5)6)23(24(30)34-8)18-11-19-9-12-20(13-10-19)21-14-16-22(33-7)17-15-21/h9-10,12-17,23H,11,18H2,1-8H3. The van der Waals surface area contributed by atoms with Crippen LogP contribution in [0.5, 0.6) is 5.75 Å². The van der Waals surface area contributed by atoms with E-state index in [9.17, 15) is 14.4 Å². The molecule has 8 heteroatoms. The first-order chi connectivity index (χ1) is 16.7. The first kappa shape index (κ1) is 28.7. The molecule has 2 amide bonds. The smallest absolute Gasteiger partial charge is 0.420 e. The first-order valence-electron chi connectivity index (χ1n) is 11.8. The molecule has 0 fully saturated rings. The van der Waals surface area contributed by atoms with Crippen LogP contribution >= 0.6 is 0 Å². The maximum Gasteiger partial charge on any atom is 0.420 e. The molecule has 0 spiro atoms. The molecule has 1 unspecified atom stereocenters. The molecule has 2 aromatic rings. The number of esters is 1. The predicted octanol–water partition coefficient (Wildman–Crippen LogP) is 6.01. The monoisotopic (exact) mass is 499 g/mol. The Hall–Kier alpha value is -3.55. The molecule has 2 rings (SSSR count). The van der Waals surface area contributed by atoms with E-state index in [1.807, 2.05) is 48.5 Å². The number of aryl methyl sites for hydroxylation is 1. The van der Waals surface area contributed by atoms with Crippen molar-refractivity contribution in [2.75, 3.05) is 14.2 Å². The number of amides is 2. The maximum atomic E-state index is 13.0. The molecule has 36 heavy (non-hydrogen) atoms. The molecule has 0 bridgehead atoms. The van der Waals surface area contributed by atoms with Crippen molar-refractivity contribution in [3.8, 4) is 16.9 Å². The Morgan fingerprint density at radius 2 is 1.19 bits per heavy atom. The average Bonchev–Trinajstić information content (AvgIpc) is 2.79. The van der Waals surface area contributed by atoms with E-state index in [-0.39, 0.29) is 6.42 Å². The Bertz CT molecular complexity index is 1000. The lowest BCUT2D eigenvalue weighted by molar-refractivity contribution is -0.146. The molecular weight excluding hydrogens is 462 g/mol.